The average Bonchev–Trinajstić information content (AvgIpc) is 3.17. The molecule has 0 spiro atoms. The summed E-state index contributed by atoms with van der Waals surface area (Å²) in [5.41, 5.74) is 1.64. The number of nitrogens with zero attached hydrogens (tertiary/aromatic N) is 2. The van der Waals surface area contributed by atoms with E-state index in [4.69, 9.17) is 9.47 Å². The zero-order valence-corrected chi connectivity index (χ0v) is 14.7. The van der Waals surface area contributed by atoms with Gasteiger partial charge in [0, 0.05) is 18.2 Å². The highest BCUT2D eigenvalue weighted by atomic mass is 19.1. The Balaban J connectivity index is 1.47. The molecule has 1 N–H and O–H groups in total. The predicted molar refractivity (Wildman–Crippen MR) is 98.3 cm³/mol. The topological polar surface area (TPSA) is 82.5 Å². The Morgan fingerprint density at radius 2 is 1.86 bits per heavy atom. The Kier molecular flexibility index (Phi) is 4.76. The lowest BCUT2D eigenvalue weighted by Crippen LogP contribution is -2.33. The zero-order valence-electron chi connectivity index (χ0n) is 14.7. The molecule has 1 aliphatic heterocycles. The van der Waals surface area contributed by atoms with Crippen LogP contribution >= 0.6 is 0 Å². The number of aromatic nitrogens is 2. The predicted octanol–water partition coefficient (Wildman–Crippen LogP) is 2.09. The van der Waals surface area contributed by atoms with Crippen LogP contribution in [0.2, 0.25) is 0 Å². The van der Waals surface area contributed by atoms with Crippen LogP contribution in [0, 0.1) is 5.82 Å². The largest absolute Gasteiger partial charge is 0.454 e. The standard InChI is InChI=1S/C20H16FN3O4/c21-15-4-1-13(2-5-15)10-22-19(25)11-24-20(26)8-6-16(23-24)14-3-7-17-18(9-14)28-12-27-17/h1-9H,10-12H2,(H,22,25). The van der Waals surface area contributed by atoms with Crippen molar-refractivity contribution in [2.24, 2.45) is 0 Å². The minimum absolute atomic E-state index is 0.167. The summed E-state index contributed by atoms with van der Waals surface area (Å²) in [5, 5.41) is 6.96. The van der Waals surface area contributed by atoms with Gasteiger partial charge in [-0.15, -0.1) is 0 Å². The van der Waals surface area contributed by atoms with Gasteiger partial charge in [0.15, 0.2) is 11.5 Å². The Labute approximate surface area is 159 Å². The molecular formula is C20H16FN3O4. The Morgan fingerprint density at radius 1 is 1.07 bits per heavy atom. The molecule has 1 aromatic heterocycles. The molecular weight excluding hydrogens is 365 g/mol. The molecule has 2 heterocycles. The fourth-order valence-corrected chi connectivity index (χ4v) is 2.77. The lowest BCUT2D eigenvalue weighted by molar-refractivity contribution is -0.122. The van der Waals surface area contributed by atoms with Crippen molar-refractivity contribution in [3.05, 3.63) is 76.3 Å². The van der Waals surface area contributed by atoms with Gasteiger partial charge >= 0.3 is 0 Å². The van der Waals surface area contributed by atoms with E-state index in [1.807, 2.05) is 0 Å². The number of carbonyl (C=O) groups is 1. The molecule has 0 unspecified atom stereocenters. The number of ether oxygens (including phenoxy) is 2. The zero-order chi connectivity index (χ0) is 19.5. The van der Waals surface area contributed by atoms with Crippen molar-refractivity contribution < 1.29 is 18.7 Å². The van der Waals surface area contributed by atoms with Crippen LogP contribution in [-0.2, 0) is 17.9 Å². The average molecular weight is 381 g/mol. The second kappa shape index (κ2) is 7.51. The SMILES string of the molecule is O=C(Cn1nc(-c2ccc3c(c2)OCO3)ccc1=O)NCc1ccc(F)cc1. The van der Waals surface area contributed by atoms with Gasteiger partial charge in [-0.25, -0.2) is 9.07 Å². The van der Waals surface area contributed by atoms with Crippen LogP contribution in [0.1, 0.15) is 5.56 Å². The second-order valence-corrected chi connectivity index (χ2v) is 6.19. The molecule has 142 valence electrons. The van der Waals surface area contributed by atoms with Gasteiger partial charge in [-0.1, -0.05) is 12.1 Å². The third-order valence-electron chi connectivity index (χ3n) is 4.23. The monoisotopic (exact) mass is 381 g/mol. The van der Waals surface area contributed by atoms with E-state index in [1.54, 1.807) is 36.4 Å². The van der Waals surface area contributed by atoms with Crippen molar-refractivity contribution in [1.82, 2.24) is 15.1 Å². The van der Waals surface area contributed by atoms with Gasteiger partial charge in [0.1, 0.15) is 12.4 Å². The summed E-state index contributed by atoms with van der Waals surface area (Å²) in [4.78, 5) is 24.3. The van der Waals surface area contributed by atoms with Crippen LogP contribution in [0.4, 0.5) is 4.39 Å². The molecule has 1 aliphatic rings. The first kappa shape index (κ1) is 17.7. The second-order valence-electron chi connectivity index (χ2n) is 6.19. The molecule has 2 aromatic carbocycles. The molecule has 0 fully saturated rings. The minimum Gasteiger partial charge on any atom is -0.454 e. The third kappa shape index (κ3) is 3.85. The van der Waals surface area contributed by atoms with Crippen LogP contribution in [0.3, 0.4) is 0 Å². The highest BCUT2D eigenvalue weighted by molar-refractivity contribution is 5.75. The highest BCUT2D eigenvalue weighted by Crippen LogP contribution is 2.35. The van der Waals surface area contributed by atoms with E-state index >= 15 is 0 Å². The number of amides is 1. The van der Waals surface area contributed by atoms with Crippen LogP contribution in [-0.4, -0.2) is 22.5 Å². The van der Waals surface area contributed by atoms with Crippen LogP contribution in [0.5, 0.6) is 11.5 Å². The number of rotatable bonds is 5. The summed E-state index contributed by atoms with van der Waals surface area (Å²) in [6.45, 7) is 0.175. The molecule has 4 rings (SSSR count). The smallest absolute Gasteiger partial charge is 0.267 e. The maximum absolute atomic E-state index is 12.9. The molecule has 0 bridgehead atoms. The molecule has 28 heavy (non-hydrogen) atoms. The van der Waals surface area contributed by atoms with Crippen LogP contribution in [0.25, 0.3) is 11.3 Å². The van der Waals surface area contributed by atoms with E-state index < -0.39 is 0 Å². The summed E-state index contributed by atoms with van der Waals surface area (Å²) < 4.78 is 24.7. The van der Waals surface area contributed by atoms with E-state index in [2.05, 4.69) is 10.4 Å². The highest BCUT2D eigenvalue weighted by Gasteiger charge is 2.15. The van der Waals surface area contributed by atoms with Crippen molar-refractivity contribution >= 4 is 5.91 Å². The van der Waals surface area contributed by atoms with Crippen molar-refractivity contribution in [3.63, 3.8) is 0 Å². The van der Waals surface area contributed by atoms with Crippen molar-refractivity contribution in [1.29, 1.82) is 0 Å². The van der Waals surface area contributed by atoms with E-state index in [0.29, 0.717) is 17.2 Å². The van der Waals surface area contributed by atoms with Crippen molar-refractivity contribution in [2.45, 2.75) is 13.1 Å². The fraction of sp³-hybridized carbons (Fsp3) is 0.150. The minimum atomic E-state index is -0.388. The maximum Gasteiger partial charge on any atom is 0.267 e. The summed E-state index contributed by atoms with van der Waals surface area (Å²) in [6, 6.07) is 14.1. The third-order valence-corrected chi connectivity index (χ3v) is 4.23. The van der Waals surface area contributed by atoms with E-state index in [0.717, 1.165) is 15.8 Å². The van der Waals surface area contributed by atoms with Crippen LogP contribution in [0.15, 0.2) is 59.4 Å². The first-order chi connectivity index (χ1) is 13.6. The first-order valence-corrected chi connectivity index (χ1v) is 8.58. The van der Waals surface area contributed by atoms with Gasteiger partial charge in [0.2, 0.25) is 12.7 Å². The molecule has 0 saturated carbocycles. The summed E-state index contributed by atoms with van der Waals surface area (Å²) >= 11 is 0. The quantitative estimate of drug-likeness (QED) is 0.732. The number of nitrogens with one attached hydrogen (secondary N) is 1. The lowest BCUT2D eigenvalue weighted by Gasteiger charge is -2.09. The Morgan fingerprint density at radius 3 is 2.68 bits per heavy atom. The summed E-state index contributed by atoms with van der Waals surface area (Å²) in [5.74, 6) is 0.541. The van der Waals surface area contributed by atoms with E-state index in [-0.39, 0.29) is 37.2 Å². The van der Waals surface area contributed by atoms with Gasteiger partial charge in [-0.2, -0.15) is 5.10 Å². The number of carbonyl (C=O) groups excluding carboxylic acids is 1. The summed E-state index contributed by atoms with van der Waals surface area (Å²) in [7, 11) is 0. The van der Waals surface area contributed by atoms with Crippen LogP contribution < -0.4 is 20.3 Å². The van der Waals surface area contributed by atoms with Gasteiger partial charge in [-0.05, 0) is 42.0 Å². The molecule has 3 aromatic rings. The Bertz CT molecular complexity index is 1080. The first-order valence-electron chi connectivity index (χ1n) is 8.58. The maximum atomic E-state index is 12.9. The number of hydrogen-bond donors (Lipinski definition) is 1. The number of fused-ring (bicyclic) bond motifs is 1. The lowest BCUT2D eigenvalue weighted by atomic mass is 10.1. The molecule has 0 aliphatic carbocycles. The van der Waals surface area contributed by atoms with Gasteiger partial charge in [0.05, 0.1) is 5.69 Å². The Hall–Kier alpha value is -3.68. The fourth-order valence-electron chi connectivity index (χ4n) is 2.77. The van der Waals surface area contributed by atoms with Crippen molar-refractivity contribution in [3.8, 4) is 22.8 Å². The van der Waals surface area contributed by atoms with Gasteiger partial charge < -0.3 is 14.8 Å². The molecule has 0 atom stereocenters. The molecule has 8 heteroatoms. The summed E-state index contributed by atoms with van der Waals surface area (Å²) in [6.07, 6.45) is 0. The van der Waals surface area contributed by atoms with E-state index in [1.165, 1.54) is 18.2 Å². The normalized spacial score (nSPS) is 12.0. The van der Waals surface area contributed by atoms with Gasteiger partial charge in [0.25, 0.3) is 5.56 Å². The molecule has 0 radical (unpaired) electrons. The van der Waals surface area contributed by atoms with Gasteiger partial charge in [-0.3, -0.25) is 9.59 Å². The number of hydrogen-bond acceptors (Lipinski definition) is 5. The number of halogens is 1. The van der Waals surface area contributed by atoms with Crippen molar-refractivity contribution in [2.75, 3.05) is 6.79 Å². The molecule has 0 saturated heterocycles. The molecule has 7 nitrogen and oxygen atoms in total. The molecule has 1 amide bonds. The van der Waals surface area contributed by atoms with E-state index in [9.17, 15) is 14.0 Å². The number of benzene rings is 2.